The standard InChI is InChI=1S/C11H17NO3/c1-4-11(5-2)14-8-7-12(6-3)10(13)9(8)15-11/h6,8-9H,3-5,7H2,1-2H3/t8-,9?/m1/s1. The Hall–Kier alpha value is -0.870. The first-order valence-electron chi connectivity index (χ1n) is 5.44. The van der Waals surface area contributed by atoms with Gasteiger partial charge < -0.3 is 14.4 Å². The van der Waals surface area contributed by atoms with E-state index in [1.807, 2.05) is 13.8 Å². The highest BCUT2D eigenvalue weighted by Crippen LogP contribution is 2.38. The molecule has 84 valence electrons. The van der Waals surface area contributed by atoms with Crippen molar-refractivity contribution in [3.05, 3.63) is 12.8 Å². The monoisotopic (exact) mass is 211 g/mol. The van der Waals surface area contributed by atoms with Crippen molar-refractivity contribution in [2.24, 2.45) is 0 Å². The zero-order chi connectivity index (χ0) is 11.1. The minimum absolute atomic E-state index is 0.0289. The zero-order valence-electron chi connectivity index (χ0n) is 9.23. The molecule has 0 spiro atoms. The number of ether oxygens (including phenoxy) is 2. The molecular weight excluding hydrogens is 194 g/mol. The molecule has 4 heteroatoms. The molecule has 0 saturated carbocycles. The van der Waals surface area contributed by atoms with Crippen LogP contribution in [0.4, 0.5) is 0 Å². The summed E-state index contributed by atoms with van der Waals surface area (Å²) in [5.74, 6) is -0.572. The fourth-order valence-electron chi connectivity index (χ4n) is 2.21. The summed E-state index contributed by atoms with van der Waals surface area (Å²) in [6.45, 7) is 8.18. The van der Waals surface area contributed by atoms with Crippen molar-refractivity contribution < 1.29 is 14.3 Å². The lowest BCUT2D eigenvalue weighted by Gasteiger charge is -2.27. The lowest BCUT2D eigenvalue weighted by Crippen LogP contribution is -2.34. The van der Waals surface area contributed by atoms with Gasteiger partial charge in [-0.25, -0.2) is 0 Å². The molecule has 0 radical (unpaired) electrons. The first-order valence-corrected chi connectivity index (χ1v) is 5.44. The molecule has 15 heavy (non-hydrogen) atoms. The van der Waals surface area contributed by atoms with Gasteiger partial charge in [-0.2, -0.15) is 0 Å². The van der Waals surface area contributed by atoms with Crippen LogP contribution in [0.5, 0.6) is 0 Å². The molecule has 0 aromatic carbocycles. The van der Waals surface area contributed by atoms with Gasteiger partial charge in [0.05, 0.1) is 6.54 Å². The molecule has 2 aliphatic heterocycles. The maximum absolute atomic E-state index is 11.8. The number of carbonyl (C=O) groups is 1. The summed E-state index contributed by atoms with van der Waals surface area (Å²) in [5.41, 5.74) is 0. The van der Waals surface area contributed by atoms with E-state index in [1.54, 1.807) is 4.90 Å². The van der Waals surface area contributed by atoms with Gasteiger partial charge in [0.15, 0.2) is 11.9 Å². The minimum Gasteiger partial charge on any atom is -0.342 e. The van der Waals surface area contributed by atoms with Crippen LogP contribution in [0.1, 0.15) is 26.7 Å². The molecule has 2 saturated heterocycles. The van der Waals surface area contributed by atoms with Crippen LogP contribution in [-0.4, -0.2) is 35.3 Å². The Morgan fingerprint density at radius 3 is 2.67 bits per heavy atom. The van der Waals surface area contributed by atoms with Crippen LogP contribution in [0.3, 0.4) is 0 Å². The SMILES string of the molecule is C=CN1C[C@H]2OC(CC)(CC)OC2C1=O. The van der Waals surface area contributed by atoms with Gasteiger partial charge in [-0.1, -0.05) is 20.4 Å². The number of nitrogens with zero attached hydrogens (tertiary/aromatic N) is 1. The van der Waals surface area contributed by atoms with Crippen LogP contribution in [-0.2, 0) is 14.3 Å². The van der Waals surface area contributed by atoms with Crippen LogP contribution in [0.15, 0.2) is 12.8 Å². The summed E-state index contributed by atoms with van der Waals surface area (Å²) < 4.78 is 11.6. The first-order chi connectivity index (χ1) is 7.15. The van der Waals surface area contributed by atoms with Gasteiger partial charge in [-0.05, 0) is 19.0 Å². The second-order valence-electron chi connectivity index (χ2n) is 3.99. The van der Waals surface area contributed by atoms with Crippen molar-refractivity contribution in [3.63, 3.8) is 0 Å². The number of hydrogen-bond acceptors (Lipinski definition) is 3. The van der Waals surface area contributed by atoms with Crippen LogP contribution in [0.2, 0.25) is 0 Å². The van der Waals surface area contributed by atoms with Gasteiger partial charge in [-0.3, -0.25) is 4.79 Å². The summed E-state index contributed by atoms with van der Waals surface area (Å²) in [6.07, 6.45) is 2.53. The molecule has 2 fully saturated rings. The Labute approximate surface area is 89.8 Å². The average molecular weight is 211 g/mol. The molecular formula is C11H17NO3. The van der Waals surface area contributed by atoms with Crippen LogP contribution in [0, 0.1) is 0 Å². The lowest BCUT2D eigenvalue weighted by molar-refractivity contribution is -0.189. The van der Waals surface area contributed by atoms with E-state index in [-0.39, 0.29) is 12.0 Å². The summed E-state index contributed by atoms with van der Waals surface area (Å²) in [6, 6.07) is 0. The van der Waals surface area contributed by atoms with Crippen LogP contribution in [0.25, 0.3) is 0 Å². The van der Waals surface area contributed by atoms with Gasteiger partial charge in [-0.15, -0.1) is 0 Å². The smallest absolute Gasteiger partial charge is 0.258 e. The van der Waals surface area contributed by atoms with Gasteiger partial charge in [0.25, 0.3) is 5.91 Å². The Bertz CT molecular complexity index is 286. The first kappa shape index (κ1) is 10.6. The van der Waals surface area contributed by atoms with Crippen LogP contribution < -0.4 is 0 Å². The van der Waals surface area contributed by atoms with E-state index < -0.39 is 11.9 Å². The maximum Gasteiger partial charge on any atom is 0.258 e. The second-order valence-corrected chi connectivity index (χ2v) is 3.99. The van der Waals surface area contributed by atoms with Crippen molar-refractivity contribution in [3.8, 4) is 0 Å². The third-order valence-electron chi connectivity index (χ3n) is 3.25. The molecule has 0 aromatic rings. The number of carbonyl (C=O) groups excluding carboxylic acids is 1. The Morgan fingerprint density at radius 1 is 1.53 bits per heavy atom. The molecule has 2 atom stereocenters. The molecule has 2 heterocycles. The second kappa shape index (κ2) is 3.61. The van der Waals surface area contributed by atoms with Crippen LogP contribution >= 0.6 is 0 Å². The Kier molecular flexibility index (Phi) is 2.56. The number of likely N-dealkylation sites (tertiary alicyclic amines) is 1. The molecule has 1 unspecified atom stereocenters. The molecule has 0 N–H and O–H groups in total. The zero-order valence-corrected chi connectivity index (χ0v) is 9.23. The number of amides is 1. The van der Waals surface area contributed by atoms with E-state index in [0.717, 1.165) is 12.8 Å². The van der Waals surface area contributed by atoms with Gasteiger partial charge in [0.2, 0.25) is 0 Å². The Morgan fingerprint density at radius 2 is 2.20 bits per heavy atom. The molecule has 1 amide bonds. The van der Waals surface area contributed by atoms with Crippen molar-refractivity contribution in [1.82, 2.24) is 4.90 Å². The predicted molar refractivity (Wildman–Crippen MR) is 55.0 cm³/mol. The van der Waals surface area contributed by atoms with E-state index in [4.69, 9.17) is 9.47 Å². The van der Waals surface area contributed by atoms with Gasteiger partial charge >= 0.3 is 0 Å². The van der Waals surface area contributed by atoms with Crippen molar-refractivity contribution in [1.29, 1.82) is 0 Å². The highest BCUT2D eigenvalue weighted by atomic mass is 16.8. The summed E-state index contributed by atoms with van der Waals surface area (Å²) >= 11 is 0. The van der Waals surface area contributed by atoms with E-state index in [0.29, 0.717) is 6.54 Å². The minimum atomic E-state index is -0.543. The van der Waals surface area contributed by atoms with E-state index >= 15 is 0 Å². The third kappa shape index (κ3) is 1.48. The van der Waals surface area contributed by atoms with Gasteiger partial charge in [0.1, 0.15) is 6.10 Å². The predicted octanol–water partition coefficient (Wildman–Crippen LogP) is 1.27. The topological polar surface area (TPSA) is 38.8 Å². The van der Waals surface area contributed by atoms with E-state index in [1.165, 1.54) is 6.20 Å². The normalized spacial score (nSPS) is 33.2. The number of rotatable bonds is 3. The maximum atomic E-state index is 11.8. The molecule has 2 rings (SSSR count). The molecule has 0 bridgehead atoms. The molecule has 4 nitrogen and oxygen atoms in total. The van der Waals surface area contributed by atoms with Gasteiger partial charge in [0, 0.05) is 0 Å². The fraction of sp³-hybridized carbons (Fsp3) is 0.727. The van der Waals surface area contributed by atoms with Crippen molar-refractivity contribution in [2.75, 3.05) is 6.54 Å². The molecule has 2 aliphatic rings. The van der Waals surface area contributed by atoms with E-state index in [9.17, 15) is 4.79 Å². The molecule has 0 aromatic heterocycles. The van der Waals surface area contributed by atoms with Crippen molar-refractivity contribution >= 4 is 5.91 Å². The summed E-state index contributed by atoms with van der Waals surface area (Å²) in [7, 11) is 0. The number of fused-ring (bicyclic) bond motifs is 1. The summed E-state index contributed by atoms with van der Waals surface area (Å²) in [5, 5.41) is 0. The quantitative estimate of drug-likeness (QED) is 0.705. The highest BCUT2D eigenvalue weighted by molar-refractivity contribution is 5.85. The highest BCUT2D eigenvalue weighted by Gasteiger charge is 2.53. The Balaban J connectivity index is 2.13. The third-order valence-corrected chi connectivity index (χ3v) is 3.25. The molecule has 0 aliphatic carbocycles. The lowest BCUT2D eigenvalue weighted by atomic mass is 10.1. The summed E-state index contributed by atoms with van der Waals surface area (Å²) in [4.78, 5) is 13.3. The van der Waals surface area contributed by atoms with E-state index in [2.05, 4.69) is 6.58 Å². The average Bonchev–Trinajstić information content (AvgIpc) is 2.76. The van der Waals surface area contributed by atoms with Crippen molar-refractivity contribution in [2.45, 2.75) is 44.7 Å². The largest absolute Gasteiger partial charge is 0.342 e. The number of hydrogen-bond donors (Lipinski definition) is 0. The fourth-order valence-corrected chi connectivity index (χ4v) is 2.21.